The van der Waals surface area contributed by atoms with Crippen molar-refractivity contribution in [2.75, 3.05) is 5.32 Å². The van der Waals surface area contributed by atoms with Crippen LogP contribution in [0.2, 0.25) is 0 Å². The highest BCUT2D eigenvalue weighted by molar-refractivity contribution is 7.12. The first-order valence-electron chi connectivity index (χ1n) is 11.9. The minimum Gasteiger partial charge on any atom is -0.390 e. The summed E-state index contributed by atoms with van der Waals surface area (Å²) in [7, 11) is 0. The molecule has 0 amide bonds. The molecule has 4 aromatic rings. The fourth-order valence-electron chi connectivity index (χ4n) is 5.32. The molecule has 178 valence electrons. The number of aromatic nitrogens is 1. The van der Waals surface area contributed by atoms with Gasteiger partial charge in [0.2, 0.25) is 0 Å². The molecule has 0 saturated carbocycles. The molecule has 1 aliphatic heterocycles. The molecule has 2 aromatic heterocycles. The maximum absolute atomic E-state index is 12.1. The Morgan fingerprint density at radius 1 is 1.11 bits per heavy atom. The van der Waals surface area contributed by atoms with E-state index < -0.39 is 11.6 Å². The van der Waals surface area contributed by atoms with Gasteiger partial charge in [0.15, 0.2) is 5.78 Å². The number of aromatic amines is 1. The lowest BCUT2D eigenvalue weighted by atomic mass is 9.75. The lowest BCUT2D eigenvalue weighted by molar-refractivity contribution is 0.0868. The monoisotopic (exact) mass is 482 g/mol. The molecule has 0 aliphatic carbocycles. The largest absolute Gasteiger partial charge is 0.390 e. The summed E-state index contributed by atoms with van der Waals surface area (Å²) in [5, 5.41) is 17.9. The standard InChI is InChI=1S/C30H30N2O2S/c1-16-14-24(23-9-7-8-21-17(2)15-31-27(21)23)22(11-10-20-12-13-35-28(20)19(4)33)25-18(3)29(34)30(5,6)32-26(16)25/h7-9,12-15,18,29,31-32,34H,1-6H3/t18-,29+/m1/s1. The van der Waals surface area contributed by atoms with E-state index in [1.807, 2.05) is 31.5 Å². The molecule has 0 bridgehead atoms. The number of hydrogen-bond acceptors (Lipinski definition) is 4. The van der Waals surface area contributed by atoms with Gasteiger partial charge in [0, 0.05) is 45.4 Å². The molecule has 5 rings (SSSR count). The Bertz CT molecular complexity index is 1540. The summed E-state index contributed by atoms with van der Waals surface area (Å²) in [4.78, 5) is 16.2. The van der Waals surface area contributed by atoms with Gasteiger partial charge in [-0.1, -0.05) is 37.0 Å². The minimum absolute atomic E-state index is 0.0225. The van der Waals surface area contributed by atoms with Crippen LogP contribution in [0.1, 0.15) is 71.1 Å². The van der Waals surface area contributed by atoms with Crippen molar-refractivity contribution >= 4 is 33.7 Å². The lowest BCUT2D eigenvalue weighted by Gasteiger charge is -2.43. The number of ketones is 1. The number of Topliss-reactive ketones (excluding diaryl/α,β-unsaturated/α-hetero) is 1. The third-order valence-corrected chi connectivity index (χ3v) is 8.21. The second-order valence-corrected chi connectivity index (χ2v) is 11.1. The molecule has 4 nitrogen and oxygen atoms in total. The van der Waals surface area contributed by atoms with Gasteiger partial charge in [-0.2, -0.15) is 0 Å². The number of aryl methyl sites for hydroxylation is 2. The maximum Gasteiger partial charge on any atom is 0.170 e. The molecule has 0 unspecified atom stereocenters. The number of nitrogens with one attached hydrogen (secondary N) is 2. The molecule has 35 heavy (non-hydrogen) atoms. The van der Waals surface area contributed by atoms with E-state index in [4.69, 9.17) is 0 Å². The van der Waals surface area contributed by atoms with E-state index in [1.54, 1.807) is 6.92 Å². The van der Waals surface area contributed by atoms with Gasteiger partial charge in [-0.05, 0) is 68.8 Å². The summed E-state index contributed by atoms with van der Waals surface area (Å²) in [5.74, 6) is 6.65. The molecule has 5 heteroatoms. The second kappa shape index (κ2) is 8.41. The third-order valence-electron chi connectivity index (χ3n) is 7.20. The highest BCUT2D eigenvalue weighted by atomic mass is 32.1. The zero-order chi connectivity index (χ0) is 25.1. The van der Waals surface area contributed by atoms with Crippen molar-refractivity contribution in [3.63, 3.8) is 0 Å². The van der Waals surface area contributed by atoms with Crippen LogP contribution in [-0.4, -0.2) is 27.5 Å². The Balaban J connectivity index is 1.84. The van der Waals surface area contributed by atoms with Crippen molar-refractivity contribution in [3.8, 4) is 23.0 Å². The molecule has 3 N–H and O–H groups in total. The van der Waals surface area contributed by atoms with Gasteiger partial charge in [0.05, 0.1) is 22.0 Å². The average Bonchev–Trinajstić information content (AvgIpc) is 3.44. The van der Waals surface area contributed by atoms with Gasteiger partial charge in [-0.3, -0.25) is 4.79 Å². The molecule has 0 radical (unpaired) electrons. The fourth-order valence-corrected chi connectivity index (χ4v) is 6.07. The molecular weight excluding hydrogens is 452 g/mol. The zero-order valence-corrected chi connectivity index (χ0v) is 21.8. The molecule has 3 heterocycles. The van der Waals surface area contributed by atoms with E-state index >= 15 is 0 Å². The van der Waals surface area contributed by atoms with Crippen molar-refractivity contribution in [1.82, 2.24) is 4.98 Å². The van der Waals surface area contributed by atoms with Gasteiger partial charge < -0.3 is 15.4 Å². The van der Waals surface area contributed by atoms with Crippen molar-refractivity contribution in [2.24, 2.45) is 0 Å². The van der Waals surface area contributed by atoms with Gasteiger partial charge in [-0.15, -0.1) is 11.3 Å². The first kappa shape index (κ1) is 23.4. The Kier molecular flexibility index (Phi) is 5.62. The Morgan fingerprint density at radius 3 is 2.63 bits per heavy atom. The number of aliphatic hydroxyl groups excluding tert-OH is 1. The van der Waals surface area contributed by atoms with Crippen molar-refractivity contribution in [3.05, 3.63) is 74.6 Å². The lowest BCUT2D eigenvalue weighted by Crippen LogP contribution is -2.50. The second-order valence-electron chi connectivity index (χ2n) is 10.2. The Hall–Kier alpha value is -3.33. The number of carbonyl (C=O) groups is 1. The quantitative estimate of drug-likeness (QED) is 0.218. The number of aliphatic hydroxyl groups is 1. The van der Waals surface area contributed by atoms with Crippen LogP contribution < -0.4 is 5.32 Å². The van der Waals surface area contributed by atoms with E-state index in [-0.39, 0.29) is 11.7 Å². The predicted molar refractivity (Wildman–Crippen MR) is 146 cm³/mol. The Morgan fingerprint density at radius 2 is 1.89 bits per heavy atom. The predicted octanol–water partition coefficient (Wildman–Crippen LogP) is 6.78. The van der Waals surface area contributed by atoms with E-state index in [1.165, 1.54) is 22.3 Å². The molecule has 0 fully saturated rings. The summed E-state index contributed by atoms with van der Waals surface area (Å²) >= 11 is 1.42. The smallest absolute Gasteiger partial charge is 0.170 e. The molecule has 1 aliphatic rings. The van der Waals surface area contributed by atoms with Crippen LogP contribution in [0.4, 0.5) is 5.69 Å². The molecule has 2 atom stereocenters. The Labute approximate surface area is 210 Å². The topological polar surface area (TPSA) is 65.1 Å². The number of rotatable bonds is 2. The van der Waals surface area contributed by atoms with Crippen LogP contribution >= 0.6 is 11.3 Å². The average molecular weight is 483 g/mol. The summed E-state index contributed by atoms with van der Waals surface area (Å²) in [6.45, 7) is 11.9. The molecule has 0 saturated heterocycles. The number of H-pyrrole nitrogens is 1. The fraction of sp³-hybridized carbons (Fsp3) is 0.300. The zero-order valence-electron chi connectivity index (χ0n) is 21.0. The first-order valence-corrected chi connectivity index (χ1v) is 12.8. The number of carbonyl (C=O) groups excluding carboxylic acids is 1. The maximum atomic E-state index is 12.1. The van der Waals surface area contributed by atoms with E-state index in [2.05, 4.69) is 67.2 Å². The normalized spacial score (nSPS) is 18.5. The highest BCUT2D eigenvalue weighted by Crippen LogP contribution is 2.46. The summed E-state index contributed by atoms with van der Waals surface area (Å²) in [6.07, 6.45) is 1.45. The van der Waals surface area contributed by atoms with Crippen molar-refractivity contribution < 1.29 is 9.90 Å². The minimum atomic E-state index is -0.581. The molecular formula is C30H30N2O2S. The van der Waals surface area contributed by atoms with Crippen molar-refractivity contribution in [2.45, 2.75) is 59.1 Å². The molecule has 2 aromatic carbocycles. The van der Waals surface area contributed by atoms with Gasteiger partial charge in [0.1, 0.15) is 0 Å². The van der Waals surface area contributed by atoms with E-state index in [0.717, 1.165) is 44.6 Å². The van der Waals surface area contributed by atoms with Crippen LogP contribution in [0.5, 0.6) is 0 Å². The number of anilines is 1. The van der Waals surface area contributed by atoms with Crippen molar-refractivity contribution in [1.29, 1.82) is 0 Å². The number of para-hydroxylation sites is 1. The molecule has 0 spiro atoms. The number of fused-ring (bicyclic) bond motifs is 2. The van der Waals surface area contributed by atoms with Crippen LogP contribution in [0.15, 0.2) is 41.9 Å². The van der Waals surface area contributed by atoms with E-state index in [0.29, 0.717) is 4.88 Å². The van der Waals surface area contributed by atoms with Gasteiger partial charge in [-0.25, -0.2) is 0 Å². The van der Waals surface area contributed by atoms with Crippen LogP contribution in [-0.2, 0) is 0 Å². The van der Waals surface area contributed by atoms with Crippen LogP contribution in [0.25, 0.3) is 22.0 Å². The number of benzene rings is 2. The third kappa shape index (κ3) is 3.78. The summed E-state index contributed by atoms with van der Waals surface area (Å²) < 4.78 is 0. The summed E-state index contributed by atoms with van der Waals surface area (Å²) in [6, 6.07) is 10.4. The van der Waals surface area contributed by atoms with Gasteiger partial charge in [0.25, 0.3) is 0 Å². The van der Waals surface area contributed by atoms with Gasteiger partial charge >= 0.3 is 0 Å². The van der Waals surface area contributed by atoms with Crippen LogP contribution in [0, 0.1) is 25.7 Å². The first-order chi connectivity index (χ1) is 16.6. The summed E-state index contributed by atoms with van der Waals surface area (Å²) in [5.41, 5.74) is 8.73. The number of thiophene rings is 1. The SMILES string of the molecule is CC(=O)c1sccc1C#Cc1c(-c2cccc3c(C)c[nH]c23)cc(C)c2c1[C@@H](C)[C@H](O)C(C)(C)N2. The highest BCUT2D eigenvalue weighted by Gasteiger charge is 2.40. The van der Waals surface area contributed by atoms with E-state index in [9.17, 15) is 9.90 Å². The number of hydrogen-bond donors (Lipinski definition) is 3. The van der Waals surface area contributed by atoms with Crippen LogP contribution in [0.3, 0.4) is 0 Å².